The van der Waals surface area contributed by atoms with Crippen LogP contribution in [0.3, 0.4) is 0 Å². The van der Waals surface area contributed by atoms with Crippen LogP contribution in [-0.4, -0.2) is 47.4 Å². The predicted molar refractivity (Wildman–Crippen MR) is 73.8 cm³/mol. The van der Waals surface area contributed by atoms with Crippen molar-refractivity contribution in [1.29, 1.82) is 0 Å². The molecule has 1 N–H and O–H groups in total. The van der Waals surface area contributed by atoms with E-state index in [1.54, 1.807) is 30.3 Å². The van der Waals surface area contributed by atoms with Crippen LogP contribution in [0.2, 0.25) is 0 Å². The first-order valence-electron chi connectivity index (χ1n) is 6.49. The smallest absolute Gasteiger partial charge is 0.410 e. The summed E-state index contributed by atoms with van der Waals surface area (Å²) in [6.07, 6.45) is 0.652. The quantitative estimate of drug-likeness (QED) is 0.864. The van der Waals surface area contributed by atoms with Crippen LogP contribution in [0, 0.1) is 0 Å². The fourth-order valence-electron chi connectivity index (χ4n) is 2.45. The van der Waals surface area contributed by atoms with E-state index in [0.29, 0.717) is 5.56 Å². The van der Waals surface area contributed by atoms with Gasteiger partial charge in [0.2, 0.25) is 5.67 Å². The Morgan fingerprint density at radius 3 is 2.71 bits per heavy atom. The Hall–Kier alpha value is -2.37. The molecule has 1 aromatic rings. The maximum absolute atomic E-state index is 14.8. The zero-order valence-electron chi connectivity index (χ0n) is 11.4. The van der Waals surface area contributed by atoms with E-state index in [9.17, 15) is 19.1 Å². The molecule has 21 heavy (non-hydrogen) atoms. The minimum atomic E-state index is -2.52. The number of carbonyl (C=O) groups is 2. The van der Waals surface area contributed by atoms with Crippen molar-refractivity contribution < 1.29 is 23.8 Å². The minimum Gasteiger partial charge on any atom is -0.479 e. The van der Waals surface area contributed by atoms with E-state index in [1.807, 2.05) is 0 Å². The first kappa shape index (κ1) is 15.0. The number of hydrogen-bond donors (Lipinski definition) is 1. The highest BCUT2D eigenvalue weighted by Gasteiger charge is 2.55. The van der Waals surface area contributed by atoms with Gasteiger partial charge in [-0.15, -0.1) is 0 Å². The Balaban J connectivity index is 2.25. The summed E-state index contributed by atoms with van der Waals surface area (Å²) in [7, 11) is 0. The fraction of sp³-hybridized carbons (Fsp3) is 0.333. The Labute approximate surface area is 121 Å². The highest BCUT2D eigenvalue weighted by molar-refractivity contribution is 5.82. The number of rotatable bonds is 4. The summed E-state index contributed by atoms with van der Waals surface area (Å²) >= 11 is 0. The molecule has 1 saturated heterocycles. The highest BCUT2D eigenvalue weighted by atomic mass is 19.1. The summed E-state index contributed by atoms with van der Waals surface area (Å²) in [4.78, 5) is 24.2. The summed E-state index contributed by atoms with van der Waals surface area (Å²) in [6.45, 7) is 2.84. The number of alkyl halides is 1. The van der Waals surface area contributed by atoms with Gasteiger partial charge in [0, 0.05) is 12.5 Å². The van der Waals surface area contributed by atoms with Crippen molar-refractivity contribution in [3.63, 3.8) is 0 Å². The second-order valence-electron chi connectivity index (χ2n) is 4.88. The summed E-state index contributed by atoms with van der Waals surface area (Å²) in [6, 6.07) is 8.48. The standard InChI is InChI=1S/C15H16FNO4/c1-2-8-21-14(20)17-9-12(11-6-4-3-5-7-11)15(16,10-17)13(18)19/h2-7,12H,1,8-10H2,(H,18,19)/t12-,15+/m0/s1. The number of halogens is 1. The largest absolute Gasteiger partial charge is 0.479 e. The van der Waals surface area contributed by atoms with Crippen molar-refractivity contribution in [2.45, 2.75) is 11.6 Å². The van der Waals surface area contributed by atoms with E-state index >= 15 is 0 Å². The summed E-state index contributed by atoms with van der Waals surface area (Å²) < 4.78 is 19.7. The van der Waals surface area contributed by atoms with E-state index in [1.165, 1.54) is 6.08 Å². The molecule has 1 aromatic carbocycles. The van der Waals surface area contributed by atoms with E-state index in [-0.39, 0.29) is 13.2 Å². The molecule has 1 fully saturated rings. The van der Waals surface area contributed by atoms with Gasteiger partial charge in [-0.25, -0.2) is 14.0 Å². The monoisotopic (exact) mass is 293 g/mol. The molecule has 0 saturated carbocycles. The number of carbonyl (C=O) groups excluding carboxylic acids is 1. The normalized spacial score (nSPS) is 24.6. The van der Waals surface area contributed by atoms with E-state index in [0.717, 1.165) is 4.90 Å². The van der Waals surface area contributed by atoms with Gasteiger partial charge in [0.05, 0.1) is 6.54 Å². The van der Waals surface area contributed by atoms with Gasteiger partial charge in [-0.3, -0.25) is 0 Å². The molecule has 0 bridgehead atoms. The third-order valence-corrected chi connectivity index (χ3v) is 3.52. The topological polar surface area (TPSA) is 66.8 Å². The van der Waals surface area contributed by atoms with Crippen molar-refractivity contribution in [2.24, 2.45) is 0 Å². The minimum absolute atomic E-state index is 0.00229. The SMILES string of the molecule is C=CCOC(=O)N1C[C@@H](c2ccccc2)[C@@](F)(C(=O)O)C1. The number of likely N-dealkylation sites (tertiary alicyclic amines) is 1. The highest BCUT2D eigenvalue weighted by Crippen LogP contribution is 2.39. The van der Waals surface area contributed by atoms with Gasteiger partial charge in [-0.05, 0) is 5.56 Å². The lowest BCUT2D eigenvalue weighted by atomic mass is 9.86. The first-order valence-corrected chi connectivity index (χ1v) is 6.49. The molecule has 0 aliphatic carbocycles. The first-order chi connectivity index (χ1) is 9.99. The van der Waals surface area contributed by atoms with E-state index in [2.05, 4.69) is 6.58 Å². The van der Waals surface area contributed by atoms with Crippen molar-refractivity contribution in [3.8, 4) is 0 Å². The van der Waals surface area contributed by atoms with Gasteiger partial charge >= 0.3 is 12.1 Å². The lowest BCUT2D eigenvalue weighted by molar-refractivity contribution is -0.150. The summed E-state index contributed by atoms with van der Waals surface area (Å²) in [5.41, 5.74) is -1.98. The van der Waals surface area contributed by atoms with Crippen LogP contribution in [0.15, 0.2) is 43.0 Å². The average molecular weight is 293 g/mol. The van der Waals surface area contributed by atoms with Crippen LogP contribution < -0.4 is 0 Å². The Kier molecular flexibility index (Phi) is 4.26. The zero-order chi connectivity index (χ0) is 15.5. The molecule has 0 unspecified atom stereocenters. The van der Waals surface area contributed by atoms with Gasteiger partial charge in [0.25, 0.3) is 0 Å². The van der Waals surface area contributed by atoms with Crippen molar-refractivity contribution in [2.75, 3.05) is 19.7 Å². The molecule has 1 amide bonds. The molecule has 1 aliphatic heterocycles. The van der Waals surface area contributed by atoms with Gasteiger partial charge in [0.1, 0.15) is 6.61 Å². The molecule has 1 heterocycles. The number of amides is 1. The molecular weight excluding hydrogens is 277 g/mol. The average Bonchev–Trinajstić information content (AvgIpc) is 2.85. The number of ether oxygens (including phenoxy) is 1. The third-order valence-electron chi connectivity index (χ3n) is 3.52. The number of aliphatic carboxylic acids is 1. The Morgan fingerprint density at radius 2 is 2.14 bits per heavy atom. The number of carboxylic acid groups (broad SMARTS) is 1. The molecule has 1 aliphatic rings. The van der Waals surface area contributed by atoms with Crippen molar-refractivity contribution in [1.82, 2.24) is 4.90 Å². The Morgan fingerprint density at radius 1 is 1.48 bits per heavy atom. The summed E-state index contributed by atoms with van der Waals surface area (Å²) in [5, 5.41) is 9.21. The molecule has 0 radical (unpaired) electrons. The second kappa shape index (κ2) is 5.95. The number of carboxylic acids is 1. The van der Waals surface area contributed by atoms with E-state index < -0.39 is 30.2 Å². The zero-order valence-corrected chi connectivity index (χ0v) is 11.4. The van der Waals surface area contributed by atoms with Crippen LogP contribution in [-0.2, 0) is 9.53 Å². The second-order valence-corrected chi connectivity index (χ2v) is 4.88. The maximum Gasteiger partial charge on any atom is 0.410 e. The van der Waals surface area contributed by atoms with Gasteiger partial charge in [0.15, 0.2) is 0 Å². The lowest BCUT2D eigenvalue weighted by Gasteiger charge is -2.21. The van der Waals surface area contributed by atoms with Gasteiger partial charge in [-0.1, -0.05) is 43.0 Å². The molecule has 5 nitrogen and oxygen atoms in total. The van der Waals surface area contributed by atoms with Crippen LogP contribution in [0.4, 0.5) is 9.18 Å². The molecule has 112 valence electrons. The van der Waals surface area contributed by atoms with Gasteiger partial charge in [-0.2, -0.15) is 0 Å². The van der Waals surface area contributed by atoms with Crippen molar-refractivity contribution >= 4 is 12.1 Å². The number of benzene rings is 1. The molecule has 6 heteroatoms. The maximum atomic E-state index is 14.8. The fourth-order valence-corrected chi connectivity index (χ4v) is 2.45. The number of nitrogens with zero attached hydrogens (tertiary/aromatic N) is 1. The third kappa shape index (κ3) is 2.89. The summed E-state index contributed by atoms with van der Waals surface area (Å²) in [5.74, 6) is -2.50. The van der Waals surface area contributed by atoms with Crippen LogP contribution in [0.5, 0.6) is 0 Å². The van der Waals surface area contributed by atoms with E-state index in [4.69, 9.17) is 4.74 Å². The van der Waals surface area contributed by atoms with Gasteiger partial charge < -0.3 is 14.7 Å². The van der Waals surface area contributed by atoms with Crippen molar-refractivity contribution in [3.05, 3.63) is 48.6 Å². The van der Waals surface area contributed by atoms with Crippen LogP contribution in [0.25, 0.3) is 0 Å². The molecular formula is C15H16FNO4. The van der Waals surface area contributed by atoms with Crippen LogP contribution in [0.1, 0.15) is 11.5 Å². The molecule has 0 aromatic heterocycles. The lowest BCUT2D eigenvalue weighted by Crippen LogP contribution is -2.41. The molecule has 2 rings (SSSR count). The molecule has 2 atom stereocenters. The van der Waals surface area contributed by atoms with Crippen LogP contribution >= 0.6 is 0 Å². The molecule has 0 spiro atoms. The number of hydrogen-bond acceptors (Lipinski definition) is 3. The Bertz CT molecular complexity index is 548. The predicted octanol–water partition coefficient (Wildman–Crippen LogP) is 2.20.